The molecular weight excluding hydrogens is 390 g/mol. The van der Waals surface area contributed by atoms with E-state index >= 15 is 0 Å². The predicted octanol–water partition coefficient (Wildman–Crippen LogP) is 3.24. The molecule has 3 atom stereocenters. The van der Waals surface area contributed by atoms with Crippen molar-refractivity contribution in [1.29, 1.82) is 0 Å². The highest BCUT2D eigenvalue weighted by atomic mass is 16.2. The zero-order chi connectivity index (χ0) is 20.9. The quantitative estimate of drug-likeness (QED) is 0.535. The molecule has 1 aromatic carbocycles. The SMILES string of the molecule is CC(=O)N1C[C@H]2C[C@H](Nc3ncc4c(-c5ccc6nnccc6c5)c[nH]c4n3)C[C@H]2C1. The zero-order valence-corrected chi connectivity index (χ0v) is 17.2. The van der Waals surface area contributed by atoms with Crippen molar-refractivity contribution in [2.24, 2.45) is 11.8 Å². The summed E-state index contributed by atoms with van der Waals surface area (Å²) in [6.45, 7) is 3.43. The molecule has 4 aromatic rings. The van der Waals surface area contributed by atoms with Crippen molar-refractivity contribution in [3.05, 3.63) is 42.9 Å². The molecule has 6 rings (SSSR count). The van der Waals surface area contributed by atoms with Gasteiger partial charge in [-0.3, -0.25) is 4.79 Å². The third-order valence-corrected chi connectivity index (χ3v) is 6.79. The average molecular weight is 413 g/mol. The molecule has 8 heteroatoms. The standard InChI is InChI=1S/C23H23N7O/c1-13(31)30-11-16-7-18(8-17(16)12-30)27-23-25-10-20-19(9-24-22(20)28-23)14-2-3-21-15(6-14)4-5-26-29-21/h2-6,9-10,16-18H,7-8,11-12H2,1H3,(H2,24,25,27,28)/t16-,17+,18+. The van der Waals surface area contributed by atoms with E-state index in [9.17, 15) is 4.79 Å². The molecule has 1 aliphatic heterocycles. The molecule has 1 saturated heterocycles. The van der Waals surface area contributed by atoms with Gasteiger partial charge in [-0.25, -0.2) is 4.98 Å². The molecule has 1 amide bonds. The van der Waals surface area contributed by atoms with Crippen LogP contribution in [0.1, 0.15) is 19.8 Å². The molecule has 0 bridgehead atoms. The highest BCUT2D eigenvalue weighted by Crippen LogP contribution is 2.39. The molecule has 1 aliphatic carbocycles. The highest BCUT2D eigenvalue weighted by Gasteiger charge is 2.41. The summed E-state index contributed by atoms with van der Waals surface area (Å²) < 4.78 is 0. The molecule has 0 spiro atoms. The Morgan fingerprint density at radius 1 is 1.19 bits per heavy atom. The van der Waals surface area contributed by atoms with Crippen LogP contribution >= 0.6 is 0 Å². The number of amides is 1. The van der Waals surface area contributed by atoms with E-state index in [0.717, 1.165) is 59.0 Å². The number of anilines is 1. The number of rotatable bonds is 3. The first-order valence-corrected chi connectivity index (χ1v) is 10.7. The van der Waals surface area contributed by atoms with Crippen LogP contribution in [0.15, 0.2) is 42.9 Å². The number of likely N-dealkylation sites (tertiary alicyclic amines) is 1. The lowest BCUT2D eigenvalue weighted by Crippen LogP contribution is -2.29. The van der Waals surface area contributed by atoms with Gasteiger partial charge in [0.05, 0.1) is 11.7 Å². The van der Waals surface area contributed by atoms with E-state index in [-0.39, 0.29) is 5.91 Å². The smallest absolute Gasteiger partial charge is 0.224 e. The van der Waals surface area contributed by atoms with Crippen molar-refractivity contribution < 1.29 is 4.79 Å². The largest absolute Gasteiger partial charge is 0.351 e. The number of hydrogen-bond acceptors (Lipinski definition) is 6. The summed E-state index contributed by atoms with van der Waals surface area (Å²) in [6.07, 6.45) is 7.70. The van der Waals surface area contributed by atoms with E-state index in [0.29, 0.717) is 23.8 Å². The van der Waals surface area contributed by atoms with Gasteiger partial charge < -0.3 is 15.2 Å². The Morgan fingerprint density at radius 2 is 2.03 bits per heavy atom. The van der Waals surface area contributed by atoms with Crippen LogP contribution in [-0.4, -0.2) is 55.1 Å². The van der Waals surface area contributed by atoms with Crippen LogP contribution in [0.3, 0.4) is 0 Å². The fourth-order valence-electron chi connectivity index (χ4n) is 5.23. The minimum atomic E-state index is 0.189. The second-order valence-corrected chi connectivity index (χ2v) is 8.72. The maximum Gasteiger partial charge on any atom is 0.224 e. The lowest BCUT2D eigenvalue weighted by Gasteiger charge is -2.18. The van der Waals surface area contributed by atoms with Crippen LogP contribution in [0.2, 0.25) is 0 Å². The van der Waals surface area contributed by atoms with Crippen molar-refractivity contribution in [1.82, 2.24) is 30.0 Å². The summed E-state index contributed by atoms with van der Waals surface area (Å²) in [5.74, 6) is 2.01. The molecule has 4 heterocycles. The number of carbonyl (C=O) groups is 1. The van der Waals surface area contributed by atoms with Crippen molar-refractivity contribution in [3.63, 3.8) is 0 Å². The minimum Gasteiger partial charge on any atom is -0.351 e. The minimum absolute atomic E-state index is 0.189. The Labute approximate surface area is 179 Å². The first kappa shape index (κ1) is 18.2. The number of H-pyrrole nitrogens is 1. The Hall–Kier alpha value is -3.55. The van der Waals surface area contributed by atoms with Gasteiger partial charge in [-0.2, -0.15) is 15.2 Å². The third-order valence-electron chi connectivity index (χ3n) is 6.79. The lowest BCUT2D eigenvalue weighted by molar-refractivity contribution is -0.128. The Morgan fingerprint density at radius 3 is 2.84 bits per heavy atom. The second kappa shape index (κ2) is 7.01. The Balaban J connectivity index is 1.21. The van der Waals surface area contributed by atoms with E-state index in [1.807, 2.05) is 35.5 Å². The van der Waals surface area contributed by atoms with E-state index in [2.05, 4.69) is 31.5 Å². The summed E-state index contributed by atoms with van der Waals surface area (Å²) >= 11 is 0. The van der Waals surface area contributed by atoms with Crippen LogP contribution in [0.4, 0.5) is 5.95 Å². The monoisotopic (exact) mass is 413 g/mol. The molecular formula is C23H23N7O. The van der Waals surface area contributed by atoms with Gasteiger partial charge >= 0.3 is 0 Å². The van der Waals surface area contributed by atoms with Crippen LogP contribution in [0.5, 0.6) is 0 Å². The van der Waals surface area contributed by atoms with Crippen molar-refractivity contribution in [2.75, 3.05) is 18.4 Å². The molecule has 0 radical (unpaired) electrons. The van der Waals surface area contributed by atoms with E-state index in [4.69, 9.17) is 4.98 Å². The van der Waals surface area contributed by atoms with Gasteiger partial charge in [0.25, 0.3) is 0 Å². The zero-order valence-electron chi connectivity index (χ0n) is 17.2. The maximum atomic E-state index is 11.6. The Bertz CT molecular complexity index is 1290. The molecule has 2 aliphatic rings. The maximum absolute atomic E-state index is 11.6. The molecule has 8 nitrogen and oxygen atoms in total. The predicted molar refractivity (Wildman–Crippen MR) is 118 cm³/mol. The van der Waals surface area contributed by atoms with Gasteiger partial charge in [0.2, 0.25) is 11.9 Å². The Kier molecular flexibility index (Phi) is 4.12. The second-order valence-electron chi connectivity index (χ2n) is 8.72. The summed E-state index contributed by atoms with van der Waals surface area (Å²) in [4.78, 5) is 26.2. The van der Waals surface area contributed by atoms with Crippen LogP contribution in [-0.2, 0) is 4.79 Å². The number of aromatic nitrogens is 5. The van der Waals surface area contributed by atoms with Crippen LogP contribution in [0.25, 0.3) is 33.1 Å². The van der Waals surface area contributed by atoms with Gasteiger partial charge in [-0.1, -0.05) is 6.07 Å². The number of aromatic amines is 1. The molecule has 0 unspecified atom stereocenters. The van der Waals surface area contributed by atoms with E-state index in [1.165, 1.54) is 0 Å². The molecule has 1 saturated carbocycles. The van der Waals surface area contributed by atoms with Gasteiger partial charge in [-0.15, -0.1) is 0 Å². The van der Waals surface area contributed by atoms with Crippen molar-refractivity contribution >= 4 is 33.8 Å². The first-order valence-electron chi connectivity index (χ1n) is 10.7. The number of fused-ring (bicyclic) bond motifs is 3. The molecule has 156 valence electrons. The molecule has 3 aromatic heterocycles. The average Bonchev–Trinajstić information content (AvgIpc) is 3.46. The van der Waals surface area contributed by atoms with Crippen LogP contribution < -0.4 is 5.32 Å². The number of hydrogen-bond donors (Lipinski definition) is 2. The number of nitrogens with one attached hydrogen (secondary N) is 2. The third kappa shape index (κ3) is 3.19. The fraction of sp³-hybridized carbons (Fsp3) is 0.348. The normalized spacial score (nSPS) is 22.9. The van der Waals surface area contributed by atoms with Gasteiger partial charge in [-0.05, 0) is 48.4 Å². The van der Waals surface area contributed by atoms with Gasteiger partial charge in [0, 0.05) is 54.8 Å². The van der Waals surface area contributed by atoms with Gasteiger partial charge in [0.15, 0.2) is 0 Å². The fourth-order valence-corrected chi connectivity index (χ4v) is 5.23. The summed E-state index contributed by atoms with van der Waals surface area (Å²) in [7, 11) is 0. The van der Waals surface area contributed by atoms with Gasteiger partial charge in [0.1, 0.15) is 5.65 Å². The molecule has 31 heavy (non-hydrogen) atoms. The lowest BCUT2D eigenvalue weighted by atomic mass is 10.0. The summed E-state index contributed by atoms with van der Waals surface area (Å²) in [6, 6.07) is 8.47. The highest BCUT2D eigenvalue weighted by molar-refractivity contribution is 5.96. The van der Waals surface area contributed by atoms with Crippen molar-refractivity contribution in [3.8, 4) is 11.1 Å². The number of benzene rings is 1. The molecule has 2 fully saturated rings. The van der Waals surface area contributed by atoms with E-state index in [1.54, 1.807) is 13.1 Å². The first-order chi connectivity index (χ1) is 15.1. The number of carbonyl (C=O) groups excluding carboxylic acids is 1. The van der Waals surface area contributed by atoms with E-state index < -0.39 is 0 Å². The van der Waals surface area contributed by atoms with Crippen molar-refractivity contribution in [2.45, 2.75) is 25.8 Å². The molecule has 2 N–H and O–H groups in total. The van der Waals surface area contributed by atoms with Crippen LogP contribution in [0, 0.1) is 11.8 Å². The summed E-state index contributed by atoms with van der Waals surface area (Å²) in [5, 5.41) is 13.6. The summed E-state index contributed by atoms with van der Waals surface area (Å²) in [5.41, 5.74) is 3.86. The number of nitrogens with zero attached hydrogens (tertiary/aromatic N) is 5. The topological polar surface area (TPSA) is 99.7 Å².